The lowest BCUT2D eigenvalue weighted by Gasteiger charge is -2.11. The van der Waals surface area contributed by atoms with Gasteiger partial charge in [0.1, 0.15) is 5.82 Å². The Morgan fingerprint density at radius 1 is 1.50 bits per heavy atom. The molecule has 76 valence electrons. The van der Waals surface area contributed by atoms with Gasteiger partial charge < -0.3 is 11.1 Å². The first-order valence-electron chi connectivity index (χ1n) is 4.38. The van der Waals surface area contributed by atoms with E-state index < -0.39 is 0 Å². The van der Waals surface area contributed by atoms with Gasteiger partial charge in [-0.3, -0.25) is 0 Å². The maximum Gasteiger partial charge on any atom is 0.123 e. The Morgan fingerprint density at radius 2 is 2.07 bits per heavy atom. The summed E-state index contributed by atoms with van der Waals surface area (Å²) in [6, 6.07) is 6.19. The molecule has 4 heteroatoms. The summed E-state index contributed by atoms with van der Waals surface area (Å²) < 4.78 is 12.5. The zero-order chi connectivity index (χ0) is 10.6. The van der Waals surface area contributed by atoms with E-state index in [0.717, 1.165) is 5.69 Å². The molecule has 14 heavy (non-hydrogen) atoms. The van der Waals surface area contributed by atoms with Gasteiger partial charge in [0, 0.05) is 18.2 Å². The van der Waals surface area contributed by atoms with Gasteiger partial charge in [-0.25, -0.2) is 4.39 Å². The van der Waals surface area contributed by atoms with Gasteiger partial charge in [-0.05, 0) is 24.3 Å². The first-order chi connectivity index (χ1) is 6.59. The van der Waals surface area contributed by atoms with Crippen molar-refractivity contribution in [3.8, 4) is 0 Å². The molecule has 0 saturated heterocycles. The van der Waals surface area contributed by atoms with Gasteiger partial charge in [0.15, 0.2) is 0 Å². The lowest BCUT2D eigenvalue weighted by atomic mass is 10.2. The molecular formula is C10H13FN2S. The molecule has 3 N–H and O–H groups in total. The molecule has 0 amide bonds. The number of hydrogen-bond donors (Lipinski definition) is 2. The van der Waals surface area contributed by atoms with E-state index in [4.69, 9.17) is 18.0 Å². The summed E-state index contributed by atoms with van der Waals surface area (Å²) in [6.07, 6.45) is 0. The minimum Gasteiger partial charge on any atom is -0.393 e. The SMILES string of the molecule is CC(CNc1ccc(F)cc1)C(N)=S. The lowest BCUT2D eigenvalue weighted by Crippen LogP contribution is -2.25. The molecule has 0 bridgehead atoms. The van der Waals surface area contributed by atoms with Gasteiger partial charge in [0.25, 0.3) is 0 Å². The highest BCUT2D eigenvalue weighted by Gasteiger charge is 2.03. The van der Waals surface area contributed by atoms with Gasteiger partial charge in [-0.15, -0.1) is 0 Å². The maximum atomic E-state index is 12.5. The smallest absolute Gasteiger partial charge is 0.123 e. The van der Waals surface area contributed by atoms with Gasteiger partial charge in [0.05, 0.1) is 4.99 Å². The van der Waals surface area contributed by atoms with Crippen molar-refractivity contribution in [3.63, 3.8) is 0 Å². The first-order valence-corrected chi connectivity index (χ1v) is 4.79. The van der Waals surface area contributed by atoms with Crippen LogP contribution < -0.4 is 11.1 Å². The number of rotatable bonds is 4. The third-order valence-corrected chi connectivity index (χ3v) is 2.34. The van der Waals surface area contributed by atoms with Crippen LogP contribution in [0.3, 0.4) is 0 Å². The number of halogens is 1. The molecule has 0 heterocycles. The zero-order valence-corrected chi connectivity index (χ0v) is 8.77. The second kappa shape index (κ2) is 4.91. The molecule has 0 fully saturated rings. The first kappa shape index (κ1) is 10.9. The molecule has 1 aromatic rings. The van der Waals surface area contributed by atoms with E-state index in [1.165, 1.54) is 12.1 Å². The van der Waals surface area contributed by atoms with Crippen LogP contribution in [-0.4, -0.2) is 11.5 Å². The number of benzene rings is 1. The third kappa shape index (κ3) is 3.30. The summed E-state index contributed by atoms with van der Waals surface area (Å²) in [7, 11) is 0. The van der Waals surface area contributed by atoms with Crippen LogP contribution in [0.5, 0.6) is 0 Å². The Morgan fingerprint density at radius 3 is 2.57 bits per heavy atom. The Bertz CT molecular complexity index is 310. The van der Waals surface area contributed by atoms with Crippen LogP contribution in [0.1, 0.15) is 6.92 Å². The van der Waals surface area contributed by atoms with E-state index in [-0.39, 0.29) is 11.7 Å². The molecule has 1 atom stereocenters. The molecule has 0 spiro atoms. The number of hydrogen-bond acceptors (Lipinski definition) is 2. The van der Waals surface area contributed by atoms with Crippen LogP contribution >= 0.6 is 12.2 Å². The molecule has 1 rings (SSSR count). The van der Waals surface area contributed by atoms with Gasteiger partial charge in [0.2, 0.25) is 0 Å². The fourth-order valence-corrected chi connectivity index (χ4v) is 1.02. The molecule has 1 aromatic carbocycles. The number of nitrogens with two attached hydrogens (primary N) is 1. The van der Waals surface area contributed by atoms with Crippen molar-refractivity contribution in [1.29, 1.82) is 0 Å². The predicted octanol–water partition coefficient (Wildman–Crippen LogP) is 2.16. The predicted molar refractivity (Wildman–Crippen MR) is 60.8 cm³/mol. The molecule has 1 unspecified atom stereocenters. The van der Waals surface area contributed by atoms with E-state index in [1.54, 1.807) is 12.1 Å². The van der Waals surface area contributed by atoms with Crippen LogP contribution in [0.2, 0.25) is 0 Å². The van der Waals surface area contributed by atoms with Crippen molar-refractivity contribution < 1.29 is 4.39 Å². The average Bonchev–Trinajstić information content (AvgIpc) is 2.16. The van der Waals surface area contributed by atoms with E-state index in [9.17, 15) is 4.39 Å². The van der Waals surface area contributed by atoms with Crippen LogP contribution in [0, 0.1) is 11.7 Å². The molecule has 0 saturated carbocycles. The molecule has 0 aromatic heterocycles. The Balaban J connectivity index is 2.46. The van der Waals surface area contributed by atoms with Crippen LogP contribution in [0.4, 0.5) is 10.1 Å². The molecular weight excluding hydrogens is 199 g/mol. The number of thiocarbonyl (C=S) groups is 1. The summed E-state index contributed by atoms with van der Waals surface area (Å²) in [5, 5.41) is 3.12. The van der Waals surface area contributed by atoms with Crippen molar-refractivity contribution in [2.75, 3.05) is 11.9 Å². The van der Waals surface area contributed by atoms with Crippen LogP contribution in [-0.2, 0) is 0 Å². The lowest BCUT2D eigenvalue weighted by molar-refractivity contribution is 0.628. The zero-order valence-electron chi connectivity index (χ0n) is 7.96. The molecule has 0 aliphatic heterocycles. The Labute approximate surface area is 88.3 Å². The minimum absolute atomic E-state index is 0.134. The normalized spacial score (nSPS) is 12.1. The van der Waals surface area contributed by atoms with E-state index in [1.807, 2.05) is 6.92 Å². The Hall–Kier alpha value is -1.16. The van der Waals surface area contributed by atoms with E-state index in [0.29, 0.717) is 11.5 Å². The van der Waals surface area contributed by atoms with Crippen molar-refractivity contribution in [1.82, 2.24) is 0 Å². The fraction of sp³-hybridized carbons (Fsp3) is 0.300. The molecule has 0 aliphatic rings. The van der Waals surface area contributed by atoms with Crippen molar-refractivity contribution >= 4 is 22.9 Å². The van der Waals surface area contributed by atoms with Crippen LogP contribution in [0.25, 0.3) is 0 Å². The summed E-state index contributed by atoms with van der Waals surface area (Å²) in [5.74, 6) is -0.104. The largest absolute Gasteiger partial charge is 0.393 e. The van der Waals surface area contributed by atoms with E-state index in [2.05, 4.69) is 5.32 Å². The van der Waals surface area contributed by atoms with Crippen molar-refractivity contribution in [2.45, 2.75) is 6.92 Å². The standard InChI is InChI=1S/C10H13FN2S/c1-7(10(12)14)6-13-9-4-2-8(11)3-5-9/h2-5,7,13H,6H2,1H3,(H2,12,14). The summed E-state index contributed by atoms with van der Waals surface area (Å²) in [4.78, 5) is 0.486. The average molecular weight is 212 g/mol. The fourth-order valence-electron chi connectivity index (χ4n) is 0.939. The number of anilines is 1. The van der Waals surface area contributed by atoms with E-state index >= 15 is 0 Å². The minimum atomic E-state index is -0.238. The maximum absolute atomic E-state index is 12.5. The Kier molecular flexibility index (Phi) is 3.83. The second-order valence-corrected chi connectivity index (χ2v) is 3.66. The second-order valence-electron chi connectivity index (χ2n) is 3.19. The highest BCUT2D eigenvalue weighted by atomic mass is 32.1. The summed E-state index contributed by atoms with van der Waals surface area (Å²) in [5.41, 5.74) is 6.33. The van der Waals surface area contributed by atoms with Crippen molar-refractivity contribution in [3.05, 3.63) is 30.1 Å². The highest BCUT2D eigenvalue weighted by molar-refractivity contribution is 7.80. The third-order valence-electron chi connectivity index (χ3n) is 1.94. The van der Waals surface area contributed by atoms with Gasteiger partial charge >= 0.3 is 0 Å². The highest BCUT2D eigenvalue weighted by Crippen LogP contribution is 2.09. The summed E-state index contributed by atoms with van der Waals surface area (Å²) in [6.45, 7) is 2.61. The monoisotopic (exact) mass is 212 g/mol. The quantitative estimate of drug-likeness (QED) is 0.751. The molecule has 0 radical (unpaired) electrons. The molecule has 0 aliphatic carbocycles. The number of nitrogens with one attached hydrogen (secondary N) is 1. The van der Waals surface area contributed by atoms with Gasteiger partial charge in [-0.2, -0.15) is 0 Å². The van der Waals surface area contributed by atoms with Gasteiger partial charge in [-0.1, -0.05) is 19.1 Å². The van der Waals surface area contributed by atoms with Crippen molar-refractivity contribution in [2.24, 2.45) is 11.7 Å². The molecule has 2 nitrogen and oxygen atoms in total. The van der Waals surface area contributed by atoms with Crippen LogP contribution in [0.15, 0.2) is 24.3 Å². The summed E-state index contributed by atoms with van der Waals surface area (Å²) >= 11 is 4.83. The topological polar surface area (TPSA) is 38.0 Å².